The van der Waals surface area contributed by atoms with Crippen molar-refractivity contribution in [3.05, 3.63) is 134 Å². The minimum atomic E-state index is 0. The Morgan fingerprint density at radius 3 is 2.18 bits per heavy atom. The van der Waals surface area contributed by atoms with E-state index < -0.39 is 0 Å². The first-order valence-electron chi connectivity index (χ1n) is 10.4. The molecule has 0 aliphatic rings. The Kier molecular flexibility index (Phi) is 7.36. The number of nitrogens with zero attached hydrogens (tertiary/aromatic N) is 2. The van der Waals surface area contributed by atoms with Crippen molar-refractivity contribution < 1.29 is 20.1 Å². The molecule has 0 amide bonds. The van der Waals surface area contributed by atoms with Crippen molar-refractivity contribution in [2.24, 2.45) is 0 Å². The molecule has 0 aliphatic carbocycles. The second-order valence-corrected chi connectivity index (χ2v) is 7.29. The van der Waals surface area contributed by atoms with Gasteiger partial charge in [0.15, 0.2) is 0 Å². The normalized spacial score (nSPS) is 10.2. The second-order valence-electron chi connectivity index (χ2n) is 7.29. The second kappa shape index (κ2) is 10.8. The van der Waals surface area contributed by atoms with Gasteiger partial charge >= 0.3 is 20.1 Å². The molecule has 0 aliphatic heterocycles. The summed E-state index contributed by atoms with van der Waals surface area (Å²) >= 11 is 0. The van der Waals surface area contributed by atoms with Crippen LogP contribution >= 0.6 is 0 Å². The van der Waals surface area contributed by atoms with Gasteiger partial charge in [-0.05, 0) is 17.1 Å². The van der Waals surface area contributed by atoms with Crippen molar-refractivity contribution in [3.8, 4) is 22.4 Å². The van der Waals surface area contributed by atoms with Crippen LogP contribution in [0, 0.1) is 18.3 Å². The zero-order valence-electron chi connectivity index (χ0n) is 17.7. The van der Waals surface area contributed by atoms with Crippen LogP contribution < -0.4 is 0 Å². The molecule has 3 heteroatoms. The van der Waals surface area contributed by atoms with Crippen molar-refractivity contribution in [1.29, 1.82) is 0 Å². The van der Waals surface area contributed by atoms with Gasteiger partial charge in [0.05, 0.1) is 0 Å². The summed E-state index contributed by atoms with van der Waals surface area (Å²) in [4.78, 5) is 8.30. The van der Waals surface area contributed by atoms with E-state index >= 15 is 0 Å². The van der Waals surface area contributed by atoms with Gasteiger partial charge in [-0.25, -0.2) is 11.1 Å². The average molecular weight is 600 g/mol. The van der Waals surface area contributed by atoms with E-state index in [-0.39, 0.29) is 20.1 Å². The standard InChI is InChI=1S/C19H12N.C11H7N.Ir/c1-2-6-17-14(5-1)8-9-15-13-16(10-11-18(15)17)19-7-3-4-12-20-19;1-2-5-10(6-3-1)11-7-4-8-12-9-11;/h1-9,11-13H;1-5,7-8H;/q-1;-2;+3. The molecule has 0 atom stereocenters. The number of fused-ring (bicyclic) bond motifs is 3. The van der Waals surface area contributed by atoms with E-state index in [1.54, 1.807) is 6.20 Å². The Morgan fingerprint density at radius 2 is 1.39 bits per heavy atom. The molecule has 2 heterocycles. The number of benzene rings is 4. The minimum Gasteiger partial charge on any atom is -0.371 e. The largest absolute Gasteiger partial charge is 3.00 e. The van der Waals surface area contributed by atoms with Crippen LogP contribution in [0.1, 0.15) is 0 Å². The molecule has 0 spiro atoms. The molecule has 33 heavy (non-hydrogen) atoms. The van der Waals surface area contributed by atoms with Gasteiger partial charge in [0, 0.05) is 6.20 Å². The van der Waals surface area contributed by atoms with Crippen molar-refractivity contribution in [3.63, 3.8) is 0 Å². The molecule has 0 unspecified atom stereocenters. The van der Waals surface area contributed by atoms with Gasteiger partial charge in [-0.1, -0.05) is 71.7 Å². The molecule has 2 nitrogen and oxygen atoms in total. The Balaban J connectivity index is 0.000000172. The van der Waals surface area contributed by atoms with Crippen LogP contribution in [-0.2, 0) is 20.1 Å². The van der Waals surface area contributed by atoms with Crippen LogP contribution in [0.2, 0.25) is 0 Å². The molecule has 0 saturated carbocycles. The topological polar surface area (TPSA) is 25.8 Å². The predicted octanol–water partition coefficient (Wildman–Crippen LogP) is 7.20. The SMILES string of the molecule is [Ir+3].[c-]1cc2c(ccc3ccccc32)cc1-c1ccccn1.[c-]1ccccc1-c1[c-]nccc1. The first-order valence-corrected chi connectivity index (χ1v) is 10.4. The summed E-state index contributed by atoms with van der Waals surface area (Å²) in [5.74, 6) is 0. The average Bonchev–Trinajstić information content (AvgIpc) is 2.90. The van der Waals surface area contributed by atoms with Crippen LogP contribution in [0.5, 0.6) is 0 Å². The van der Waals surface area contributed by atoms with Crippen LogP contribution in [0.3, 0.4) is 0 Å². The fourth-order valence-corrected chi connectivity index (χ4v) is 3.65. The van der Waals surface area contributed by atoms with Crippen molar-refractivity contribution in [2.45, 2.75) is 0 Å². The quantitative estimate of drug-likeness (QED) is 0.155. The maximum atomic E-state index is 4.39. The number of pyridine rings is 2. The maximum Gasteiger partial charge on any atom is 3.00 e. The third-order valence-corrected chi connectivity index (χ3v) is 5.22. The maximum absolute atomic E-state index is 4.39. The first-order chi connectivity index (χ1) is 15.9. The molecule has 6 aromatic rings. The third kappa shape index (κ3) is 5.23. The Morgan fingerprint density at radius 1 is 0.576 bits per heavy atom. The Hall–Kier alpha value is -3.65. The minimum absolute atomic E-state index is 0. The summed E-state index contributed by atoms with van der Waals surface area (Å²) in [5.41, 5.74) is 4.01. The van der Waals surface area contributed by atoms with Crippen molar-refractivity contribution in [1.82, 2.24) is 9.97 Å². The van der Waals surface area contributed by atoms with Gasteiger partial charge in [-0.15, -0.1) is 41.3 Å². The first kappa shape index (κ1) is 22.5. The number of aromatic nitrogens is 2. The predicted molar refractivity (Wildman–Crippen MR) is 131 cm³/mol. The fourth-order valence-electron chi connectivity index (χ4n) is 3.65. The Labute approximate surface area is 207 Å². The monoisotopic (exact) mass is 600 g/mol. The van der Waals surface area contributed by atoms with Crippen molar-refractivity contribution in [2.75, 3.05) is 0 Å². The van der Waals surface area contributed by atoms with E-state index in [1.165, 1.54) is 21.5 Å². The molecule has 0 saturated heterocycles. The summed E-state index contributed by atoms with van der Waals surface area (Å²) in [6.07, 6.45) is 6.43. The molecule has 2 aromatic heterocycles. The van der Waals surface area contributed by atoms with Crippen molar-refractivity contribution >= 4 is 21.5 Å². The van der Waals surface area contributed by atoms with Crippen LogP contribution in [0.4, 0.5) is 0 Å². The molecule has 158 valence electrons. The number of rotatable bonds is 2. The summed E-state index contributed by atoms with van der Waals surface area (Å²) in [5, 5.41) is 5.00. The van der Waals surface area contributed by atoms with E-state index in [0.717, 1.165) is 22.4 Å². The van der Waals surface area contributed by atoms with Gasteiger partial charge in [0.2, 0.25) is 0 Å². The van der Waals surface area contributed by atoms with Gasteiger partial charge < -0.3 is 9.97 Å². The van der Waals surface area contributed by atoms with E-state index in [2.05, 4.69) is 76.8 Å². The third-order valence-electron chi connectivity index (χ3n) is 5.22. The Bertz CT molecular complexity index is 1410. The zero-order chi connectivity index (χ0) is 21.6. The van der Waals surface area contributed by atoms with E-state index in [1.807, 2.05) is 60.8 Å². The summed E-state index contributed by atoms with van der Waals surface area (Å²) in [6, 6.07) is 41.1. The molecule has 0 radical (unpaired) electrons. The molecule has 6 rings (SSSR count). The molecule has 0 N–H and O–H groups in total. The molecular weight excluding hydrogens is 581 g/mol. The van der Waals surface area contributed by atoms with Gasteiger partial charge in [-0.3, -0.25) is 0 Å². The van der Waals surface area contributed by atoms with Crippen LogP contribution in [-0.4, -0.2) is 9.97 Å². The molecule has 0 bridgehead atoms. The van der Waals surface area contributed by atoms with Crippen LogP contribution in [0.25, 0.3) is 43.9 Å². The molecular formula is C30H19IrN2. The van der Waals surface area contributed by atoms with Gasteiger partial charge in [0.1, 0.15) is 0 Å². The summed E-state index contributed by atoms with van der Waals surface area (Å²) < 4.78 is 0. The summed E-state index contributed by atoms with van der Waals surface area (Å²) in [6.45, 7) is 0. The molecule has 4 aromatic carbocycles. The van der Waals surface area contributed by atoms with E-state index in [9.17, 15) is 0 Å². The van der Waals surface area contributed by atoms with Gasteiger partial charge in [-0.2, -0.15) is 30.3 Å². The number of hydrogen-bond acceptors (Lipinski definition) is 2. The zero-order valence-corrected chi connectivity index (χ0v) is 20.1. The van der Waals surface area contributed by atoms with E-state index in [4.69, 9.17) is 0 Å². The summed E-state index contributed by atoms with van der Waals surface area (Å²) in [7, 11) is 0. The smallest absolute Gasteiger partial charge is 0.371 e. The molecule has 0 fully saturated rings. The fraction of sp³-hybridized carbons (Fsp3) is 0. The van der Waals surface area contributed by atoms with Crippen LogP contribution in [0.15, 0.2) is 116 Å². The number of hydrogen-bond donors (Lipinski definition) is 0. The van der Waals surface area contributed by atoms with Gasteiger partial charge in [0.25, 0.3) is 0 Å². The van der Waals surface area contributed by atoms with E-state index in [0.29, 0.717) is 0 Å².